The number of carbonyl (C=O) groups excluding carboxylic acids is 1. The van der Waals surface area contributed by atoms with Crippen molar-refractivity contribution in [3.8, 4) is 0 Å². The summed E-state index contributed by atoms with van der Waals surface area (Å²) in [6, 6.07) is 4.67. The number of H-pyrrole nitrogens is 1. The lowest BCUT2D eigenvalue weighted by Crippen LogP contribution is -2.43. The standard InChI is InChI=1S/C20H24FN5O2/c21-15-4-1-5-16(18(15)26-8-2-3-14(22)12-26)25-20(27)19-23-11-17(24-19)13-6-9-28-10-7-13/h1,4-6,11,14H,2-3,7-10,12,22H2,(H,23,24)(H,25,27)/t14-/m1/s1. The van der Waals surface area contributed by atoms with Gasteiger partial charge in [0, 0.05) is 19.1 Å². The minimum absolute atomic E-state index is 0.00251. The van der Waals surface area contributed by atoms with Crippen LogP contribution in [0.3, 0.4) is 0 Å². The minimum Gasteiger partial charge on any atom is -0.377 e. The molecule has 8 heteroatoms. The van der Waals surface area contributed by atoms with Crippen molar-refractivity contribution in [1.29, 1.82) is 0 Å². The number of nitrogens with one attached hydrogen (secondary N) is 2. The third-order valence-corrected chi connectivity index (χ3v) is 5.11. The molecule has 0 spiro atoms. The van der Waals surface area contributed by atoms with Crippen molar-refractivity contribution in [1.82, 2.24) is 9.97 Å². The van der Waals surface area contributed by atoms with Gasteiger partial charge in [-0.15, -0.1) is 0 Å². The number of nitrogens with zero attached hydrogens (tertiary/aromatic N) is 2. The van der Waals surface area contributed by atoms with Gasteiger partial charge in [-0.05, 0) is 37.0 Å². The summed E-state index contributed by atoms with van der Waals surface area (Å²) in [6.45, 7) is 2.47. The highest BCUT2D eigenvalue weighted by molar-refractivity contribution is 6.03. The summed E-state index contributed by atoms with van der Waals surface area (Å²) < 4.78 is 19.9. The lowest BCUT2D eigenvalue weighted by Gasteiger charge is -2.34. The maximum absolute atomic E-state index is 14.6. The molecule has 0 unspecified atom stereocenters. The van der Waals surface area contributed by atoms with Crippen LogP contribution in [0.1, 0.15) is 35.6 Å². The summed E-state index contributed by atoms with van der Waals surface area (Å²) in [7, 11) is 0. The average Bonchev–Trinajstić information content (AvgIpc) is 3.19. The zero-order valence-corrected chi connectivity index (χ0v) is 15.6. The fourth-order valence-electron chi connectivity index (χ4n) is 3.70. The van der Waals surface area contributed by atoms with E-state index in [-0.39, 0.29) is 17.7 Å². The van der Waals surface area contributed by atoms with Crippen molar-refractivity contribution in [2.45, 2.75) is 25.3 Å². The van der Waals surface area contributed by atoms with Gasteiger partial charge in [0.05, 0.1) is 36.5 Å². The highest BCUT2D eigenvalue weighted by Gasteiger charge is 2.24. The second-order valence-corrected chi connectivity index (χ2v) is 7.14. The predicted octanol–water partition coefficient (Wildman–Crippen LogP) is 2.53. The van der Waals surface area contributed by atoms with Crippen LogP contribution in [0.4, 0.5) is 15.8 Å². The fourth-order valence-corrected chi connectivity index (χ4v) is 3.70. The Kier molecular flexibility index (Phi) is 5.40. The van der Waals surface area contributed by atoms with Gasteiger partial charge < -0.3 is 25.7 Å². The monoisotopic (exact) mass is 385 g/mol. The topological polar surface area (TPSA) is 96.3 Å². The van der Waals surface area contributed by atoms with Gasteiger partial charge in [0.25, 0.3) is 5.91 Å². The zero-order chi connectivity index (χ0) is 19.5. The molecular formula is C20H24FN5O2. The number of aromatic nitrogens is 2. The van der Waals surface area contributed by atoms with E-state index in [1.54, 1.807) is 18.3 Å². The number of halogens is 1. The SMILES string of the molecule is N[C@@H]1CCCN(c2c(F)cccc2NC(=O)c2ncc(C3=CCOCC3)[nH]2)C1. The molecule has 0 bridgehead atoms. The molecule has 4 rings (SSSR count). The van der Waals surface area contributed by atoms with Gasteiger partial charge in [-0.2, -0.15) is 0 Å². The number of aromatic amines is 1. The first-order chi connectivity index (χ1) is 13.6. The Morgan fingerprint density at radius 2 is 2.32 bits per heavy atom. The van der Waals surface area contributed by atoms with Crippen molar-refractivity contribution < 1.29 is 13.9 Å². The molecule has 0 aliphatic carbocycles. The van der Waals surface area contributed by atoms with Crippen LogP contribution in [0.25, 0.3) is 5.57 Å². The Balaban J connectivity index is 1.54. The van der Waals surface area contributed by atoms with Gasteiger partial charge in [-0.25, -0.2) is 9.37 Å². The van der Waals surface area contributed by atoms with Crippen molar-refractivity contribution in [3.63, 3.8) is 0 Å². The number of anilines is 2. The Bertz CT molecular complexity index is 894. The fraction of sp³-hybridized carbons (Fsp3) is 0.400. The molecule has 2 aromatic rings. The summed E-state index contributed by atoms with van der Waals surface area (Å²) in [6.07, 6.45) is 6.20. The molecule has 2 aliphatic rings. The summed E-state index contributed by atoms with van der Waals surface area (Å²) in [5.74, 6) is -0.598. The van der Waals surface area contributed by atoms with E-state index >= 15 is 0 Å². The average molecular weight is 385 g/mol. The summed E-state index contributed by atoms with van der Waals surface area (Å²) in [5, 5.41) is 2.80. The second-order valence-electron chi connectivity index (χ2n) is 7.14. The molecule has 1 fully saturated rings. The Morgan fingerprint density at radius 3 is 3.11 bits per heavy atom. The third-order valence-electron chi connectivity index (χ3n) is 5.11. The molecule has 1 amide bonds. The van der Waals surface area contributed by atoms with E-state index in [4.69, 9.17) is 10.5 Å². The zero-order valence-electron chi connectivity index (χ0n) is 15.6. The first-order valence-corrected chi connectivity index (χ1v) is 9.54. The number of piperidine rings is 1. The normalized spacial score (nSPS) is 20.0. The van der Waals surface area contributed by atoms with Crippen LogP contribution < -0.4 is 16.0 Å². The molecule has 3 heterocycles. The summed E-state index contributed by atoms with van der Waals surface area (Å²) in [4.78, 5) is 21.8. The molecule has 2 aliphatic heterocycles. The second kappa shape index (κ2) is 8.12. The van der Waals surface area contributed by atoms with E-state index in [1.165, 1.54) is 6.07 Å². The highest BCUT2D eigenvalue weighted by Crippen LogP contribution is 2.31. The summed E-state index contributed by atoms with van der Waals surface area (Å²) >= 11 is 0. The first kappa shape index (κ1) is 18.6. The van der Waals surface area contributed by atoms with Gasteiger partial charge in [0.1, 0.15) is 5.82 Å². The lowest BCUT2D eigenvalue weighted by molar-refractivity contribution is 0.101. The molecule has 1 atom stereocenters. The van der Waals surface area contributed by atoms with Crippen molar-refractivity contribution in [2.24, 2.45) is 5.73 Å². The minimum atomic E-state index is -0.410. The summed E-state index contributed by atoms with van der Waals surface area (Å²) in [5.41, 5.74) is 8.72. The molecule has 1 aromatic carbocycles. The maximum atomic E-state index is 14.6. The van der Waals surface area contributed by atoms with Crippen molar-refractivity contribution in [3.05, 3.63) is 47.8 Å². The van der Waals surface area contributed by atoms with E-state index in [0.717, 1.165) is 30.5 Å². The Labute approximate surface area is 162 Å². The molecule has 0 saturated carbocycles. The number of para-hydroxylation sites is 1. The lowest BCUT2D eigenvalue weighted by atomic mass is 10.1. The van der Waals surface area contributed by atoms with Crippen LogP contribution in [0.15, 0.2) is 30.5 Å². The smallest absolute Gasteiger partial charge is 0.291 e. The number of hydrogen-bond donors (Lipinski definition) is 3. The van der Waals surface area contributed by atoms with E-state index in [9.17, 15) is 9.18 Å². The molecule has 4 N–H and O–H groups in total. The largest absolute Gasteiger partial charge is 0.377 e. The van der Waals surface area contributed by atoms with Gasteiger partial charge in [0.15, 0.2) is 5.82 Å². The number of rotatable bonds is 4. The predicted molar refractivity (Wildman–Crippen MR) is 106 cm³/mol. The number of nitrogens with two attached hydrogens (primary N) is 1. The number of hydrogen-bond acceptors (Lipinski definition) is 5. The number of imidazole rings is 1. The quantitative estimate of drug-likeness (QED) is 0.752. The molecule has 0 radical (unpaired) electrons. The van der Waals surface area contributed by atoms with Gasteiger partial charge in [-0.1, -0.05) is 12.1 Å². The number of amides is 1. The van der Waals surface area contributed by atoms with Crippen molar-refractivity contribution >= 4 is 22.9 Å². The van der Waals surface area contributed by atoms with E-state index < -0.39 is 5.91 Å². The molecule has 28 heavy (non-hydrogen) atoms. The van der Waals surface area contributed by atoms with Crippen LogP contribution in [0.5, 0.6) is 0 Å². The number of carbonyl (C=O) groups is 1. The van der Waals surface area contributed by atoms with Gasteiger partial charge >= 0.3 is 0 Å². The Hall–Kier alpha value is -2.71. The first-order valence-electron chi connectivity index (χ1n) is 9.54. The van der Waals surface area contributed by atoms with Crippen LogP contribution in [-0.2, 0) is 4.74 Å². The maximum Gasteiger partial charge on any atom is 0.291 e. The molecule has 148 valence electrons. The Morgan fingerprint density at radius 1 is 1.43 bits per heavy atom. The number of ether oxygens (including phenoxy) is 1. The molecular weight excluding hydrogens is 361 g/mol. The van der Waals surface area contributed by atoms with Crippen LogP contribution >= 0.6 is 0 Å². The molecule has 1 aromatic heterocycles. The van der Waals surface area contributed by atoms with E-state index in [0.29, 0.717) is 37.7 Å². The highest BCUT2D eigenvalue weighted by atomic mass is 19.1. The van der Waals surface area contributed by atoms with Gasteiger partial charge in [-0.3, -0.25) is 4.79 Å². The third kappa shape index (κ3) is 3.93. The van der Waals surface area contributed by atoms with Crippen LogP contribution in [0.2, 0.25) is 0 Å². The molecule has 1 saturated heterocycles. The van der Waals surface area contributed by atoms with Gasteiger partial charge in [0.2, 0.25) is 0 Å². The van der Waals surface area contributed by atoms with Crippen molar-refractivity contribution in [2.75, 3.05) is 36.5 Å². The van der Waals surface area contributed by atoms with E-state index in [1.807, 2.05) is 11.0 Å². The van der Waals surface area contributed by atoms with Crippen LogP contribution in [0, 0.1) is 5.82 Å². The number of benzene rings is 1. The molecule has 7 nitrogen and oxygen atoms in total. The van der Waals surface area contributed by atoms with Crippen LogP contribution in [-0.4, -0.2) is 48.2 Å². The van der Waals surface area contributed by atoms with E-state index in [2.05, 4.69) is 15.3 Å².